The lowest BCUT2D eigenvalue weighted by molar-refractivity contribution is 0.482. The van der Waals surface area contributed by atoms with E-state index in [0.29, 0.717) is 5.92 Å². The van der Waals surface area contributed by atoms with Crippen molar-refractivity contribution in [3.05, 3.63) is 34.9 Å². The van der Waals surface area contributed by atoms with Crippen molar-refractivity contribution < 1.29 is 0 Å². The fraction of sp³-hybridized carbons (Fsp3) is 0.455. The molecule has 76 valence electrons. The molecule has 1 fully saturated rings. The highest BCUT2D eigenvalue weighted by molar-refractivity contribution is 7.99. The van der Waals surface area contributed by atoms with Gasteiger partial charge in [0.05, 0.1) is 0 Å². The SMILES string of the molecule is NC(c1ccc(Cl)cc1)C1CCSC1. The Bertz CT molecular complexity index is 293. The lowest BCUT2D eigenvalue weighted by atomic mass is 9.93. The van der Waals surface area contributed by atoms with Crippen LogP contribution in [0.1, 0.15) is 18.0 Å². The number of rotatable bonds is 2. The first-order valence-electron chi connectivity index (χ1n) is 4.86. The quantitative estimate of drug-likeness (QED) is 0.841. The summed E-state index contributed by atoms with van der Waals surface area (Å²) in [6.07, 6.45) is 1.24. The molecule has 0 spiro atoms. The molecule has 0 aromatic heterocycles. The van der Waals surface area contributed by atoms with Gasteiger partial charge in [-0.2, -0.15) is 11.8 Å². The summed E-state index contributed by atoms with van der Waals surface area (Å²) in [7, 11) is 0. The van der Waals surface area contributed by atoms with Crippen LogP contribution in [0.15, 0.2) is 24.3 Å². The number of hydrogen-bond acceptors (Lipinski definition) is 2. The normalized spacial score (nSPS) is 23.7. The average Bonchev–Trinajstić information content (AvgIpc) is 2.71. The molecule has 14 heavy (non-hydrogen) atoms. The van der Waals surface area contributed by atoms with Gasteiger partial charge in [0.2, 0.25) is 0 Å². The fourth-order valence-electron chi connectivity index (χ4n) is 1.79. The van der Waals surface area contributed by atoms with Gasteiger partial charge >= 0.3 is 0 Å². The first kappa shape index (κ1) is 10.3. The van der Waals surface area contributed by atoms with E-state index in [2.05, 4.69) is 0 Å². The molecule has 0 amide bonds. The Hall–Kier alpha value is -0.180. The number of benzene rings is 1. The van der Waals surface area contributed by atoms with Crippen LogP contribution in [-0.4, -0.2) is 11.5 Å². The number of thioether (sulfide) groups is 1. The number of nitrogens with two attached hydrogens (primary N) is 1. The van der Waals surface area contributed by atoms with Gasteiger partial charge in [-0.25, -0.2) is 0 Å². The van der Waals surface area contributed by atoms with Gasteiger partial charge in [0.15, 0.2) is 0 Å². The minimum absolute atomic E-state index is 0.183. The maximum atomic E-state index is 6.19. The molecule has 1 aromatic carbocycles. The van der Waals surface area contributed by atoms with Crippen LogP contribution in [-0.2, 0) is 0 Å². The Morgan fingerprint density at radius 1 is 1.36 bits per heavy atom. The van der Waals surface area contributed by atoms with Gasteiger partial charge in [-0.15, -0.1) is 0 Å². The van der Waals surface area contributed by atoms with Crippen molar-refractivity contribution in [3.8, 4) is 0 Å². The summed E-state index contributed by atoms with van der Waals surface area (Å²) in [4.78, 5) is 0. The molecule has 2 atom stereocenters. The van der Waals surface area contributed by atoms with Crippen LogP contribution in [0.25, 0.3) is 0 Å². The van der Waals surface area contributed by atoms with E-state index in [9.17, 15) is 0 Å². The van der Waals surface area contributed by atoms with Crippen LogP contribution in [0, 0.1) is 5.92 Å². The second-order valence-electron chi connectivity index (χ2n) is 3.70. The summed E-state index contributed by atoms with van der Waals surface area (Å²) >= 11 is 7.83. The first-order chi connectivity index (χ1) is 6.77. The van der Waals surface area contributed by atoms with Crippen molar-refractivity contribution in [1.82, 2.24) is 0 Å². The van der Waals surface area contributed by atoms with Crippen molar-refractivity contribution in [3.63, 3.8) is 0 Å². The smallest absolute Gasteiger partial charge is 0.0406 e. The largest absolute Gasteiger partial charge is 0.324 e. The topological polar surface area (TPSA) is 26.0 Å². The van der Waals surface area contributed by atoms with E-state index in [1.807, 2.05) is 36.0 Å². The zero-order chi connectivity index (χ0) is 9.97. The molecule has 3 heteroatoms. The third kappa shape index (κ3) is 2.25. The molecule has 1 aromatic rings. The molecule has 1 nitrogen and oxygen atoms in total. The lowest BCUT2D eigenvalue weighted by Crippen LogP contribution is -2.20. The first-order valence-corrected chi connectivity index (χ1v) is 6.39. The summed E-state index contributed by atoms with van der Waals surface area (Å²) < 4.78 is 0. The van der Waals surface area contributed by atoms with Gasteiger partial charge in [-0.3, -0.25) is 0 Å². The van der Waals surface area contributed by atoms with E-state index in [1.165, 1.54) is 23.5 Å². The van der Waals surface area contributed by atoms with Crippen molar-refractivity contribution in [2.24, 2.45) is 11.7 Å². The molecule has 0 aliphatic carbocycles. The van der Waals surface area contributed by atoms with E-state index in [1.54, 1.807) is 0 Å². The predicted octanol–water partition coefficient (Wildman–Crippen LogP) is 3.09. The summed E-state index contributed by atoms with van der Waals surface area (Å²) in [6, 6.07) is 8.09. The highest BCUT2D eigenvalue weighted by Gasteiger charge is 2.23. The highest BCUT2D eigenvalue weighted by Crippen LogP contribution is 2.32. The van der Waals surface area contributed by atoms with Crippen LogP contribution < -0.4 is 5.73 Å². The Kier molecular flexibility index (Phi) is 3.37. The van der Waals surface area contributed by atoms with Gasteiger partial charge in [0.1, 0.15) is 0 Å². The van der Waals surface area contributed by atoms with Crippen molar-refractivity contribution in [2.45, 2.75) is 12.5 Å². The summed E-state index contributed by atoms with van der Waals surface area (Å²) in [6.45, 7) is 0. The minimum Gasteiger partial charge on any atom is -0.324 e. The molecule has 1 saturated heterocycles. The molecule has 0 saturated carbocycles. The zero-order valence-corrected chi connectivity index (χ0v) is 9.52. The predicted molar refractivity (Wildman–Crippen MR) is 63.8 cm³/mol. The Morgan fingerprint density at radius 3 is 2.64 bits per heavy atom. The van der Waals surface area contributed by atoms with Crippen molar-refractivity contribution in [1.29, 1.82) is 0 Å². The standard InChI is InChI=1S/C11H14ClNS/c12-10-3-1-8(2-4-10)11(13)9-5-6-14-7-9/h1-4,9,11H,5-7,13H2. The average molecular weight is 228 g/mol. The van der Waals surface area contributed by atoms with Gasteiger partial charge in [0.25, 0.3) is 0 Å². The van der Waals surface area contributed by atoms with Crippen molar-refractivity contribution >= 4 is 23.4 Å². The summed E-state index contributed by atoms with van der Waals surface area (Å²) in [5, 5.41) is 0.779. The van der Waals surface area contributed by atoms with Crippen LogP contribution in [0.4, 0.5) is 0 Å². The molecular weight excluding hydrogens is 214 g/mol. The van der Waals surface area contributed by atoms with Gasteiger partial charge in [-0.1, -0.05) is 23.7 Å². The van der Waals surface area contributed by atoms with Crippen LogP contribution in [0.5, 0.6) is 0 Å². The van der Waals surface area contributed by atoms with E-state index in [0.717, 1.165) is 5.02 Å². The van der Waals surface area contributed by atoms with E-state index in [4.69, 9.17) is 17.3 Å². The van der Waals surface area contributed by atoms with E-state index >= 15 is 0 Å². The molecule has 2 unspecified atom stereocenters. The minimum atomic E-state index is 0.183. The zero-order valence-electron chi connectivity index (χ0n) is 7.95. The second-order valence-corrected chi connectivity index (χ2v) is 5.29. The molecular formula is C11H14ClNS. The van der Waals surface area contributed by atoms with Crippen LogP contribution in [0.2, 0.25) is 5.02 Å². The van der Waals surface area contributed by atoms with Gasteiger partial charge in [0, 0.05) is 11.1 Å². The maximum absolute atomic E-state index is 6.19. The number of halogens is 1. The molecule has 2 N–H and O–H groups in total. The van der Waals surface area contributed by atoms with E-state index < -0.39 is 0 Å². The van der Waals surface area contributed by atoms with Crippen LogP contribution >= 0.6 is 23.4 Å². The van der Waals surface area contributed by atoms with Crippen molar-refractivity contribution in [2.75, 3.05) is 11.5 Å². The Morgan fingerprint density at radius 2 is 2.07 bits per heavy atom. The molecule has 1 aliphatic heterocycles. The molecule has 0 radical (unpaired) electrons. The van der Waals surface area contributed by atoms with Crippen LogP contribution in [0.3, 0.4) is 0 Å². The Labute approximate surface area is 94.0 Å². The molecule has 1 heterocycles. The monoisotopic (exact) mass is 227 g/mol. The van der Waals surface area contributed by atoms with E-state index in [-0.39, 0.29) is 6.04 Å². The Balaban J connectivity index is 2.09. The molecule has 0 bridgehead atoms. The number of hydrogen-bond donors (Lipinski definition) is 1. The fourth-order valence-corrected chi connectivity index (χ4v) is 3.23. The summed E-state index contributed by atoms with van der Waals surface area (Å²) in [5.74, 6) is 3.09. The molecule has 1 aliphatic rings. The summed E-state index contributed by atoms with van der Waals surface area (Å²) in [5.41, 5.74) is 7.40. The van der Waals surface area contributed by atoms with Gasteiger partial charge in [-0.05, 0) is 41.5 Å². The maximum Gasteiger partial charge on any atom is 0.0406 e. The third-order valence-electron chi connectivity index (χ3n) is 2.73. The third-order valence-corrected chi connectivity index (χ3v) is 4.17. The highest BCUT2D eigenvalue weighted by atomic mass is 35.5. The van der Waals surface area contributed by atoms with Gasteiger partial charge < -0.3 is 5.73 Å². The second kappa shape index (κ2) is 4.56. The molecule has 2 rings (SSSR count). The lowest BCUT2D eigenvalue weighted by Gasteiger charge is -2.18.